The smallest absolute Gasteiger partial charge is 0.246 e. The number of fused-ring (bicyclic) bond motifs is 1. The summed E-state index contributed by atoms with van der Waals surface area (Å²) in [4.78, 5) is 68.4. The molecule has 1 aromatic carbocycles. The van der Waals surface area contributed by atoms with Crippen LogP contribution in [0.4, 0.5) is 17.6 Å². The number of methoxy groups -OCH3 is 1. The van der Waals surface area contributed by atoms with E-state index in [1.54, 1.807) is 30.8 Å². The minimum Gasteiger partial charge on any atom is -0.391 e. The molecule has 3 amide bonds. The van der Waals surface area contributed by atoms with E-state index in [2.05, 4.69) is 54.2 Å². The van der Waals surface area contributed by atoms with Gasteiger partial charge < -0.3 is 63.8 Å². The number of aliphatic hydroxyl groups excluding tert-OH is 1. The number of nitrogens with zero attached hydrogens (tertiary/aromatic N) is 8. The molecule has 0 unspecified atom stereocenters. The number of hydrogen-bond acceptors (Lipinski definition) is 18. The zero-order chi connectivity index (χ0) is 53.5. The van der Waals surface area contributed by atoms with Gasteiger partial charge in [-0.25, -0.2) is 19.9 Å². The molecule has 6 heterocycles. The molecule has 75 heavy (non-hydrogen) atoms. The Kier molecular flexibility index (Phi) is 20.8. The molecular weight excluding hydrogens is 983 g/mol. The lowest BCUT2D eigenvalue weighted by Crippen LogP contribution is -2.58. The van der Waals surface area contributed by atoms with E-state index in [9.17, 15) is 19.5 Å². The van der Waals surface area contributed by atoms with Crippen LogP contribution >= 0.6 is 11.3 Å². The molecule has 0 bridgehead atoms. The molecule has 21 nitrogen and oxygen atoms in total. The van der Waals surface area contributed by atoms with E-state index in [1.165, 1.54) is 4.90 Å². The molecule has 0 spiro atoms. The minimum absolute atomic E-state index is 0.0225. The van der Waals surface area contributed by atoms with Crippen LogP contribution < -0.4 is 20.9 Å². The van der Waals surface area contributed by atoms with Crippen LogP contribution in [0.15, 0.2) is 54.3 Å². The number of carbonyl (C=O) groups excluding carboxylic acids is 3. The number of piperidine rings is 1. The summed E-state index contributed by atoms with van der Waals surface area (Å²) in [7, 11) is 1.76. The van der Waals surface area contributed by atoms with Crippen molar-refractivity contribution >= 4 is 57.7 Å². The molecular formula is C53H75N11O10S. The van der Waals surface area contributed by atoms with E-state index in [1.807, 2.05) is 76.5 Å². The number of aliphatic hydroxyl groups is 1. The fourth-order valence-corrected chi connectivity index (χ4v) is 9.92. The topological polar surface area (TPSA) is 239 Å². The monoisotopic (exact) mass is 1060 g/mol. The van der Waals surface area contributed by atoms with Crippen molar-refractivity contribution in [1.29, 1.82) is 0 Å². The number of ether oxygens (including phenoxy) is 6. The number of likely N-dealkylation sites (tertiary alicyclic amines) is 1. The number of carbonyl (C=O) groups is 3. The fourth-order valence-electron chi connectivity index (χ4n) is 9.11. The fraction of sp³-hybridized carbons (Fsp3) is 0.585. The second-order valence-corrected chi connectivity index (χ2v) is 21.0. The first-order chi connectivity index (χ1) is 36.1. The lowest BCUT2D eigenvalue weighted by atomic mass is 9.85. The molecule has 2 aliphatic rings. The number of thiazole rings is 1. The number of amides is 3. The Morgan fingerprint density at radius 3 is 2.13 bits per heavy atom. The van der Waals surface area contributed by atoms with Gasteiger partial charge in [0, 0.05) is 51.5 Å². The molecule has 2 aliphatic heterocycles. The van der Waals surface area contributed by atoms with Gasteiger partial charge in [-0.3, -0.25) is 14.4 Å². The first kappa shape index (κ1) is 57.0. The van der Waals surface area contributed by atoms with Gasteiger partial charge in [-0.05, 0) is 63.1 Å². The Bertz CT molecular complexity index is 2620. The molecule has 4 atom stereocenters. The Morgan fingerprint density at radius 2 is 1.51 bits per heavy atom. The van der Waals surface area contributed by atoms with Gasteiger partial charge in [0.25, 0.3) is 0 Å². The Morgan fingerprint density at radius 1 is 0.840 bits per heavy atom. The third-order valence-electron chi connectivity index (χ3n) is 13.1. The number of β-amino-alcohol motifs (C(OH)–C–C–N with tert-alkyl or cyclic N) is 1. The summed E-state index contributed by atoms with van der Waals surface area (Å²) in [6.45, 7) is 17.9. The number of imidazole rings is 1. The van der Waals surface area contributed by atoms with Crippen molar-refractivity contribution in [1.82, 2.24) is 45.0 Å². The van der Waals surface area contributed by atoms with Crippen LogP contribution in [0, 0.1) is 12.3 Å². The lowest BCUT2D eigenvalue weighted by molar-refractivity contribution is -0.144. The number of pyridine rings is 1. The number of rotatable bonds is 27. The average Bonchev–Trinajstić information content (AvgIpc) is 4.12. The van der Waals surface area contributed by atoms with Crippen LogP contribution in [-0.2, 0) is 49.4 Å². The maximum absolute atomic E-state index is 14.0. The zero-order valence-electron chi connectivity index (χ0n) is 44.6. The Hall–Kier alpha value is -5.72. The summed E-state index contributed by atoms with van der Waals surface area (Å²) in [6.07, 6.45) is 4.88. The SMILES string of the molecule is COC1CCN(c2nccc(Nc3cc4c(cn3)nc(COCCOCCOCCOCCOCC(=O)N[C@H](C(=O)N3C[C@H](O)C[C@H]3C(=O)N[C@@H](C)c3ccc(-c5scnc5C)cc3)C(C)(C)C)n4C(C)C)n2)CC1. The van der Waals surface area contributed by atoms with Crippen molar-refractivity contribution in [3.63, 3.8) is 0 Å². The molecule has 2 saturated heterocycles. The average molecular weight is 1060 g/mol. The van der Waals surface area contributed by atoms with Crippen LogP contribution in [0.2, 0.25) is 0 Å². The highest BCUT2D eigenvalue weighted by Gasteiger charge is 2.44. The molecule has 0 radical (unpaired) electrons. The van der Waals surface area contributed by atoms with Gasteiger partial charge in [0.2, 0.25) is 23.7 Å². The maximum atomic E-state index is 14.0. The summed E-state index contributed by atoms with van der Waals surface area (Å²) in [5, 5.41) is 19.8. The van der Waals surface area contributed by atoms with E-state index < -0.39 is 35.4 Å². The van der Waals surface area contributed by atoms with Gasteiger partial charge >= 0.3 is 0 Å². The summed E-state index contributed by atoms with van der Waals surface area (Å²) in [5.41, 5.74) is 5.73. The molecule has 5 aromatic rings. The van der Waals surface area contributed by atoms with E-state index >= 15 is 0 Å². The van der Waals surface area contributed by atoms with Crippen molar-refractivity contribution in [3.05, 3.63) is 71.4 Å². The molecule has 22 heteroatoms. The van der Waals surface area contributed by atoms with Crippen LogP contribution in [0.5, 0.6) is 0 Å². The van der Waals surface area contributed by atoms with Gasteiger partial charge in [0.15, 0.2) is 0 Å². The van der Waals surface area contributed by atoms with Crippen molar-refractivity contribution in [3.8, 4) is 10.4 Å². The highest BCUT2D eigenvalue weighted by atomic mass is 32.1. The van der Waals surface area contributed by atoms with Gasteiger partial charge in [0.1, 0.15) is 48.3 Å². The molecule has 4 N–H and O–H groups in total. The van der Waals surface area contributed by atoms with Crippen LogP contribution in [0.3, 0.4) is 0 Å². The maximum Gasteiger partial charge on any atom is 0.246 e. The van der Waals surface area contributed by atoms with Crippen LogP contribution in [0.25, 0.3) is 21.5 Å². The predicted octanol–water partition coefficient (Wildman–Crippen LogP) is 5.55. The number of anilines is 3. The van der Waals surface area contributed by atoms with E-state index in [0.717, 1.165) is 64.5 Å². The predicted molar refractivity (Wildman–Crippen MR) is 285 cm³/mol. The second-order valence-electron chi connectivity index (χ2n) is 20.2. The van der Waals surface area contributed by atoms with Gasteiger partial charge in [-0.1, -0.05) is 45.0 Å². The standard InChI is InChI=1S/C53H75N11O10S/c1-34(2)64-42-28-45(59-44-13-16-54-52(60-44)62-17-14-40(69-8)15-18-62)55-29-41(42)58-46(64)31-73-25-23-71-21-19-70-20-22-72-24-26-74-32-47(66)61-49(53(5,6)7)51(68)63-30-39(65)27-43(63)50(67)57-35(3)37-9-11-38(12-10-37)48-36(4)56-33-75-48/h9-13,16,28-29,33-35,39-40,43,49,65H,14-15,17-27,30-32H2,1-8H3,(H,57,67)(H,61,66)(H,54,55,59,60)/t35-,39+,43-,49+/m0/s1. The molecule has 0 aliphatic carbocycles. The van der Waals surface area contributed by atoms with E-state index in [0.29, 0.717) is 63.8 Å². The Balaban J connectivity index is 0.738. The summed E-state index contributed by atoms with van der Waals surface area (Å²) in [5.74, 6) is 1.50. The normalized spacial score (nSPS) is 17.2. The first-order valence-electron chi connectivity index (χ1n) is 25.8. The minimum atomic E-state index is -0.973. The number of aryl methyl sites for hydroxylation is 1. The number of nitrogens with one attached hydrogen (secondary N) is 3. The van der Waals surface area contributed by atoms with Crippen molar-refractivity contribution in [2.75, 3.05) is 96.4 Å². The van der Waals surface area contributed by atoms with Crippen LogP contribution in [-0.4, -0.2) is 168 Å². The van der Waals surface area contributed by atoms with Crippen molar-refractivity contribution in [2.24, 2.45) is 5.41 Å². The number of benzene rings is 1. The molecule has 4 aromatic heterocycles. The third-order valence-corrected chi connectivity index (χ3v) is 14.1. The van der Waals surface area contributed by atoms with Crippen LogP contribution in [0.1, 0.15) is 90.0 Å². The van der Waals surface area contributed by atoms with Gasteiger partial charge in [0.05, 0.1) is 98.9 Å². The van der Waals surface area contributed by atoms with E-state index in [4.69, 9.17) is 38.4 Å². The van der Waals surface area contributed by atoms with Gasteiger partial charge in [-0.15, -0.1) is 11.3 Å². The summed E-state index contributed by atoms with van der Waals surface area (Å²) in [6, 6.07) is 9.65. The van der Waals surface area contributed by atoms with Gasteiger partial charge in [-0.2, -0.15) is 4.98 Å². The Labute approximate surface area is 443 Å². The van der Waals surface area contributed by atoms with E-state index in [-0.39, 0.29) is 56.9 Å². The summed E-state index contributed by atoms with van der Waals surface area (Å²) < 4.78 is 36.1. The lowest BCUT2D eigenvalue weighted by Gasteiger charge is -2.35. The highest BCUT2D eigenvalue weighted by molar-refractivity contribution is 7.13. The second kappa shape index (κ2) is 27.4. The third kappa shape index (κ3) is 15.9. The quantitative estimate of drug-likeness (QED) is 0.0472. The highest BCUT2D eigenvalue weighted by Crippen LogP contribution is 2.31. The molecule has 0 saturated carbocycles. The molecule has 408 valence electrons. The van der Waals surface area contributed by atoms with Crippen molar-refractivity contribution < 1.29 is 47.9 Å². The first-order valence-corrected chi connectivity index (χ1v) is 26.7. The number of aromatic nitrogens is 6. The number of hydrogen-bond donors (Lipinski definition) is 4. The summed E-state index contributed by atoms with van der Waals surface area (Å²) >= 11 is 1.57. The zero-order valence-corrected chi connectivity index (χ0v) is 45.4. The van der Waals surface area contributed by atoms with Crippen molar-refractivity contribution in [2.45, 2.75) is 111 Å². The molecule has 2 fully saturated rings. The largest absolute Gasteiger partial charge is 0.391 e. The molecule has 7 rings (SSSR count).